The minimum atomic E-state index is -0.224. The number of hydrogen-bond acceptors (Lipinski definition) is 5. The minimum absolute atomic E-state index is 0.0495. The van der Waals surface area contributed by atoms with E-state index in [1.54, 1.807) is 36.4 Å². The van der Waals surface area contributed by atoms with Gasteiger partial charge in [0, 0.05) is 12.6 Å². The number of carbonyl (C=O) groups excluding carboxylic acids is 1. The average molecular weight is 343 g/mol. The highest BCUT2D eigenvalue weighted by atomic mass is 16.5. The fourth-order valence-corrected chi connectivity index (χ4v) is 2.24. The number of hydrogen-bond donors (Lipinski definition) is 3. The van der Waals surface area contributed by atoms with Crippen LogP contribution < -0.4 is 14.8 Å². The van der Waals surface area contributed by atoms with Crippen LogP contribution in [-0.4, -0.2) is 36.9 Å². The lowest BCUT2D eigenvalue weighted by molar-refractivity contribution is -0.116. The maximum atomic E-state index is 11.9. The Morgan fingerprint density at radius 2 is 1.68 bits per heavy atom. The molecule has 0 saturated carbocycles. The highest BCUT2D eigenvalue weighted by Crippen LogP contribution is 2.27. The maximum Gasteiger partial charge on any atom is 0.244 e. The number of aromatic hydroxyl groups is 2. The Labute approximate surface area is 146 Å². The Morgan fingerprint density at radius 3 is 2.36 bits per heavy atom. The van der Waals surface area contributed by atoms with Gasteiger partial charge in [0.2, 0.25) is 5.91 Å². The SMILES string of the molecule is COc1cc(/C=C/C(=O)NCCc2ccc(O)c(OC)c2)ccc1O. The Morgan fingerprint density at radius 1 is 1.04 bits per heavy atom. The third-order valence-corrected chi connectivity index (χ3v) is 3.59. The summed E-state index contributed by atoms with van der Waals surface area (Å²) in [7, 11) is 2.96. The van der Waals surface area contributed by atoms with Crippen molar-refractivity contribution in [1.82, 2.24) is 5.32 Å². The average Bonchev–Trinajstić information content (AvgIpc) is 2.62. The van der Waals surface area contributed by atoms with E-state index in [1.165, 1.54) is 26.4 Å². The molecule has 0 unspecified atom stereocenters. The normalized spacial score (nSPS) is 10.6. The molecule has 0 atom stereocenters. The fourth-order valence-electron chi connectivity index (χ4n) is 2.24. The van der Waals surface area contributed by atoms with Crippen LogP contribution in [0.2, 0.25) is 0 Å². The van der Waals surface area contributed by atoms with Gasteiger partial charge in [0.15, 0.2) is 23.0 Å². The van der Waals surface area contributed by atoms with Crippen LogP contribution in [0.4, 0.5) is 0 Å². The van der Waals surface area contributed by atoms with Gasteiger partial charge in [0.1, 0.15) is 0 Å². The zero-order valence-corrected chi connectivity index (χ0v) is 14.2. The van der Waals surface area contributed by atoms with Gasteiger partial charge in [-0.15, -0.1) is 0 Å². The van der Waals surface area contributed by atoms with E-state index < -0.39 is 0 Å². The third kappa shape index (κ3) is 5.17. The van der Waals surface area contributed by atoms with Gasteiger partial charge in [0.05, 0.1) is 14.2 Å². The molecule has 2 aromatic rings. The summed E-state index contributed by atoms with van der Waals surface area (Å²) in [6.07, 6.45) is 3.67. The predicted molar refractivity (Wildman–Crippen MR) is 95.1 cm³/mol. The summed E-state index contributed by atoms with van der Waals surface area (Å²) in [6, 6.07) is 9.91. The Kier molecular flexibility index (Phi) is 6.28. The van der Waals surface area contributed by atoms with Gasteiger partial charge in [0.25, 0.3) is 0 Å². The zero-order chi connectivity index (χ0) is 18.2. The summed E-state index contributed by atoms with van der Waals surface area (Å²) >= 11 is 0. The molecule has 6 heteroatoms. The van der Waals surface area contributed by atoms with E-state index in [9.17, 15) is 15.0 Å². The largest absolute Gasteiger partial charge is 0.504 e. The van der Waals surface area contributed by atoms with Gasteiger partial charge in [-0.05, 0) is 47.9 Å². The second-order valence-corrected chi connectivity index (χ2v) is 5.31. The van der Waals surface area contributed by atoms with Crippen molar-refractivity contribution in [2.45, 2.75) is 6.42 Å². The molecule has 6 nitrogen and oxygen atoms in total. The van der Waals surface area contributed by atoms with Gasteiger partial charge in [-0.2, -0.15) is 0 Å². The number of nitrogens with one attached hydrogen (secondary N) is 1. The highest BCUT2D eigenvalue weighted by molar-refractivity contribution is 5.91. The van der Waals surface area contributed by atoms with Crippen LogP contribution in [0.5, 0.6) is 23.0 Å². The van der Waals surface area contributed by atoms with Crippen LogP contribution in [0, 0.1) is 0 Å². The van der Waals surface area contributed by atoms with Crippen molar-refractivity contribution in [3.8, 4) is 23.0 Å². The van der Waals surface area contributed by atoms with E-state index in [0.717, 1.165) is 11.1 Å². The van der Waals surface area contributed by atoms with Crippen molar-refractivity contribution in [2.24, 2.45) is 0 Å². The Balaban J connectivity index is 1.86. The van der Waals surface area contributed by atoms with Gasteiger partial charge < -0.3 is 25.0 Å². The Bertz CT molecular complexity index is 770. The smallest absolute Gasteiger partial charge is 0.244 e. The van der Waals surface area contributed by atoms with E-state index in [-0.39, 0.29) is 17.4 Å². The molecule has 0 aromatic heterocycles. The number of rotatable bonds is 7. The van der Waals surface area contributed by atoms with Crippen LogP contribution in [0.15, 0.2) is 42.5 Å². The molecule has 1 amide bonds. The van der Waals surface area contributed by atoms with Crippen LogP contribution in [-0.2, 0) is 11.2 Å². The lowest BCUT2D eigenvalue weighted by atomic mass is 10.1. The highest BCUT2D eigenvalue weighted by Gasteiger charge is 2.04. The molecule has 2 aromatic carbocycles. The first-order valence-electron chi connectivity index (χ1n) is 7.72. The molecule has 0 fully saturated rings. The van der Waals surface area contributed by atoms with Crippen molar-refractivity contribution in [1.29, 1.82) is 0 Å². The van der Waals surface area contributed by atoms with E-state index in [0.29, 0.717) is 24.5 Å². The second kappa shape index (κ2) is 8.63. The van der Waals surface area contributed by atoms with Crippen LogP contribution in [0.3, 0.4) is 0 Å². The first kappa shape index (κ1) is 18.2. The molecule has 3 N–H and O–H groups in total. The molecule has 0 aliphatic carbocycles. The molecule has 0 aliphatic rings. The summed E-state index contributed by atoms with van der Waals surface area (Å²) in [6.45, 7) is 0.454. The number of carbonyl (C=O) groups is 1. The molecule has 25 heavy (non-hydrogen) atoms. The van der Waals surface area contributed by atoms with E-state index in [4.69, 9.17) is 9.47 Å². The van der Waals surface area contributed by atoms with Gasteiger partial charge in [-0.1, -0.05) is 12.1 Å². The van der Waals surface area contributed by atoms with E-state index in [1.807, 2.05) is 0 Å². The molecule has 0 aliphatic heterocycles. The number of benzene rings is 2. The lowest BCUT2D eigenvalue weighted by Crippen LogP contribution is -2.23. The summed E-state index contributed by atoms with van der Waals surface area (Å²) in [5.41, 5.74) is 1.69. The monoisotopic (exact) mass is 343 g/mol. The van der Waals surface area contributed by atoms with Crippen LogP contribution in [0.1, 0.15) is 11.1 Å². The van der Waals surface area contributed by atoms with Crippen LogP contribution in [0.25, 0.3) is 6.08 Å². The van der Waals surface area contributed by atoms with Crippen LogP contribution >= 0.6 is 0 Å². The maximum absolute atomic E-state index is 11.9. The molecular weight excluding hydrogens is 322 g/mol. The van der Waals surface area contributed by atoms with Crippen molar-refractivity contribution in [2.75, 3.05) is 20.8 Å². The summed E-state index contributed by atoms with van der Waals surface area (Å²) < 4.78 is 10.1. The van der Waals surface area contributed by atoms with E-state index in [2.05, 4.69) is 5.32 Å². The molecule has 0 radical (unpaired) electrons. The zero-order valence-electron chi connectivity index (χ0n) is 14.2. The number of amides is 1. The molecule has 0 bridgehead atoms. The number of phenolic OH excluding ortho intramolecular Hbond substituents is 2. The summed E-state index contributed by atoms with van der Waals surface area (Å²) in [4.78, 5) is 11.9. The summed E-state index contributed by atoms with van der Waals surface area (Å²) in [5.74, 6) is 0.669. The number of methoxy groups -OCH3 is 2. The number of ether oxygens (including phenoxy) is 2. The molecule has 0 spiro atoms. The van der Waals surface area contributed by atoms with Gasteiger partial charge in [-0.25, -0.2) is 0 Å². The first-order valence-corrected chi connectivity index (χ1v) is 7.72. The third-order valence-electron chi connectivity index (χ3n) is 3.59. The van der Waals surface area contributed by atoms with Gasteiger partial charge in [-0.3, -0.25) is 4.79 Å². The molecular formula is C19H21NO5. The lowest BCUT2D eigenvalue weighted by Gasteiger charge is -2.07. The molecule has 132 valence electrons. The first-order chi connectivity index (χ1) is 12.0. The fraction of sp³-hybridized carbons (Fsp3) is 0.211. The second-order valence-electron chi connectivity index (χ2n) is 5.31. The standard InChI is InChI=1S/C19H21NO5/c1-24-17-11-13(3-6-15(17)21)5-8-19(23)20-10-9-14-4-7-16(22)18(12-14)25-2/h3-8,11-12,21-22H,9-10H2,1-2H3,(H,20,23)/b8-5+. The van der Waals surface area contributed by atoms with Gasteiger partial charge >= 0.3 is 0 Å². The predicted octanol–water partition coefficient (Wildman–Crippen LogP) is 2.49. The Hall–Kier alpha value is -3.15. The minimum Gasteiger partial charge on any atom is -0.504 e. The van der Waals surface area contributed by atoms with Crippen molar-refractivity contribution >= 4 is 12.0 Å². The summed E-state index contributed by atoms with van der Waals surface area (Å²) in [5, 5.41) is 21.9. The molecule has 2 rings (SSSR count). The molecule has 0 heterocycles. The van der Waals surface area contributed by atoms with Crippen molar-refractivity contribution in [3.63, 3.8) is 0 Å². The number of phenols is 2. The quantitative estimate of drug-likeness (QED) is 0.672. The topological polar surface area (TPSA) is 88.0 Å². The van der Waals surface area contributed by atoms with Crippen molar-refractivity contribution in [3.05, 3.63) is 53.6 Å². The van der Waals surface area contributed by atoms with Crippen molar-refractivity contribution < 1.29 is 24.5 Å². The molecule has 0 saturated heterocycles. The van der Waals surface area contributed by atoms with E-state index >= 15 is 0 Å².